The fourth-order valence-electron chi connectivity index (χ4n) is 2.38. The summed E-state index contributed by atoms with van der Waals surface area (Å²) in [5, 5.41) is 11.3. The van der Waals surface area contributed by atoms with E-state index in [2.05, 4.69) is 0 Å². The highest BCUT2D eigenvalue weighted by atomic mass is 35.5. The summed E-state index contributed by atoms with van der Waals surface area (Å²) in [6.07, 6.45) is 0.591. The molecular formula is C17H17ClO6. The molecule has 2 aromatic heterocycles. The van der Waals surface area contributed by atoms with Crippen LogP contribution in [0.2, 0.25) is 0 Å². The van der Waals surface area contributed by atoms with Crippen molar-refractivity contribution in [3.05, 3.63) is 34.9 Å². The molecule has 0 aliphatic carbocycles. The number of benzene rings is 1. The second kappa shape index (κ2) is 6.03. The Balaban J connectivity index is 2.18. The normalized spacial score (nSPS) is 13.4. The first kappa shape index (κ1) is 16.7. The molecule has 0 saturated carbocycles. The third-order valence-electron chi connectivity index (χ3n) is 3.78. The summed E-state index contributed by atoms with van der Waals surface area (Å²) in [5.41, 5.74) is 0.107. The zero-order valence-electron chi connectivity index (χ0n) is 13.5. The van der Waals surface area contributed by atoms with Crippen molar-refractivity contribution in [1.29, 1.82) is 0 Å². The number of rotatable bonds is 5. The van der Waals surface area contributed by atoms with Crippen LogP contribution in [0, 0.1) is 0 Å². The third-order valence-corrected chi connectivity index (χ3v) is 4.03. The second-order valence-corrected chi connectivity index (χ2v) is 6.89. The Bertz CT molecular complexity index is 934. The summed E-state index contributed by atoms with van der Waals surface area (Å²) in [4.78, 5) is 10.7. The van der Waals surface area contributed by atoms with Gasteiger partial charge in [0.15, 0.2) is 11.2 Å². The fraction of sp³-hybridized carbons (Fsp3) is 0.353. The van der Waals surface area contributed by atoms with Crippen molar-refractivity contribution in [1.82, 2.24) is 0 Å². The molecule has 0 fully saturated rings. The summed E-state index contributed by atoms with van der Waals surface area (Å²) in [5.74, 6) is 0.742. The van der Waals surface area contributed by atoms with Crippen molar-refractivity contribution in [3.8, 4) is 11.5 Å². The van der Waals surface area contributed by atoms with E-state index in [1.165, 1.54) is 19.4 Å². The summed E-state index contributed by atoms with van der Waals surface area (Å²) < 4.78 is 21.9. The predicted octanol–water partition coefficient (Wildman–Crippen LogP) is 3.30. The highest BCUT2D eigenvalue weighted by Crippen LogP contribution is 2.42. The number of hydrogen-bond donors (Lipinski definition) is 1. The molecule has 0 amide bonds. The van der Waals surface area contributed by atoms with Gasteiger partial charge in [0.1, 0.15) is 18.5 Å². The maximum atomic E-state index is 11.6. The minimum atomic E-state index is -0.894. The number of ether oxygens (including phenoxy) is 2. The minimum Gasteiger partial charge on any atom is -0.490 e. The Morgan fingerprint density at radius 1 is 1.21 bits per heavy atom. The van der Waals surface area contributed by atoms with Crippen molar-refractivity contribution in [3.63, 3.8) is 0 Å². The first-order valence-corrected chi connectivity index (χ1v) is 7.71. The maximum absolute atomic E-state index is 11.6. The average Bonchev–Trinajstić information content (AvgIpc) is 2.99. The summed E-state index contributed by atoms with van der Waals surface area (Å²) in [6.45, 7) is 3.36. The Labute approximate surface area is 142 Å². The highest BCUT2D eigenvalue weighted by Gasteiger charge is 2.27. The van der Waals surface area contributed by atoms with Gasteiger partial charge in [0.2, 0.25) is 5.75 Å². The van der Waals surface area contributed by atoms with Gasteiger partial charge in [0.25, 0.3) is 0 Å². The molecule has 0 unspecified atom stereocenters. The molecule has 7 heteroatoms. The summed E-state index contributed by atoms with van der Waals surface area (Å²) >= 11 is 6.11. The van der Waals surface area contributed by atoms with Gasteiger partial charge in [-0.1, -0.05) is 0 Å². The highest BCUT2D eigenvalue weighted by molar-refractivity contribution is 6.23. The number of methoxy groups -OCH3 is 1. The topological polar surface area (TPSA) is 82.0 Å². The number of aliphatic hydroxyl groups is 1. The molecular weight excluding hydrogens is 336 g/mol. The van der Waals surface area contributed by atoms with Gasteiger partial charge in [-0.3, -0.25) is 0 Å². The molecule has 0 radical (unpaired) electrons. The van der Waals surface area contributed by atoms with Crippen molar-refractivity contribution >= 4 is 33.5 Å². The van der Waals surface area contributed by atoms with E-state index in [0.29, 0.717) is 27.9 Å². The van der Waals surface area contributed by atoms with E-state index in [0.717, 1.165) is 0 Å². The molecule has 1 atom stereocenters. The van der Waals surface area contributed by atoms with E-state index in [9.17, 15) is 9.90 Å². The third kappa shape index (κ3) is 2.83. The number of fused-ring (bicyclic) bond motifs is 2. The van der Waals surface area contributed by atoms with Crippen LogP contribution in [0.25, 0.3) is 21.9 Å². The molecule has 3 aromatic rings. The van der Waals surface area contributed by atoms with Gasteiger partial charge in [0.05, 0.1) is 29.0 Å². The fourth-order valence-corrected chi connectivity index (χ4v) is 2.44. The summed E-state index contributed by atoms with van der Waals surface area (Å²) in [6, 6.07) is 4.60. The van der Waals surface area contributed by atoms with Crippen LogP contribution in [0.4, 0.5) is 0 Å². The standard InChI is InChI=1S/C17H17ClO6/c1-17(2,18)11(19)8-23-13-9-4-5-12(20)24-15(9)16(21-3)14-10(13)6-7-22-14/h4-7,11,19H,8H2,1-3H3/t11-/m0/s1. The van der Waals surface area contributed by atoms with E-state index in [-0.39, 0.29) is 12.2 Å². The second-order valence-electron chi connectivity index (χ2n) is 5.91. The van der Waals surface area contributed by atoms with Crippen molar-refractivity contribution in [2.75, 3.05) is 13.7 Å². The SMILES string of the molecule is COc1c2occc2c(OC[C@H](O)C(C)(C)Cl)c2ccc(=O)oc12. The molecule has 0 bridgehead atoms. The molecule has 0 spiro atoms. The largest absolute Gasteiger partial charge is 0.490 e. The molecule has 3 rings (SSSR count). The zero-order chi connectivity index (χ0) is 17.5. The molecule has 0 saturated heterocycles. The zero-order valence-corrected chi connectivity index (χ0v) is 14.2. The quantitative estimate of drug-likeness (QED) is 0.560. The van der Waals surface area contributed by atoms with Gasteiger partial charge < -0.3 is 23.4 Å². The molecule has 0 aliphatic rings. The molecule has 1 N–H and O–H groups in total. The Hall–Kier alpha value is -2.18. The van der Waals surface area contributed by atoms with E-state index in [1.807, 2.05) is 0 Å². The Morgan fingerprint density at radius 2 is 1.92 bits per heavy atom. The van der Waals surface area contributed by atoms with Gasteiger partial charge in [-0.05, 0) is 26.0 Å². The maximum Gasteiger partial charge on any atom is 0.336 e. The van der Waals surface area contributed by atoms with Gasteiger partial charge in [0, 0.05) is 6.07 Å². The van der Waals surface area contributed by atoms with Gasteiger partial charge in [-0.25, -0.2) is 4.79 Å². The Kier molecular flexibility index (Phi) is 4.19. The van der Waals surface area contributed by atoms with Crippen molar-refractivity contribution in [2.24, 2.45) is 0 Å². The first-order valence-electron chi connectivity index (χ1n) is 7.33. The number of halogens is 1. The van der Waals surface area contributed by atoms with Crippen molar-refractivity contribution < 1.29 is 23.4 Å². The molecule has 1 aromatic carbocycles. The number of aliphatic hydroxyl groups excluding tert-OH is 1. The van der Waals surface area contributed by atoms with Gasteiger partial charge in [-0.2, -0.15) is 0 Å². The number of alkyl halides is 1. The van der Waals surface area contributed by atoms with E-state index >= 15 is 0 Å². The first-order chi connectivity index (χ1) is 11.3. The van der Waals surface area contributed by atoms with Crippen LogP contribution >= 0.6 is 11.6 Å². The molecule has 2 heterocycles. The van der Waals surface area contributed by atoms with Crippen LogP contribution in [-0.2, 0) is 0 Å². The van der Waals surface area contributed by atoms with Crippen LogP contribution in [0.5, 0.6) is 11.5 Å². The monoisotopic (exact) mass is 352 g/mol. The Morgan fingerprint density at radius 3 is 2.58 bits per heavy atom. The van der Waals surface area contributed by atoms with Crippen LogP contribution in [0.1, 0.15) is 13.8 Å². The van der Waals surface area contributed by atoms with Crippen LogP contribution in [0.15, 0.2) is 38.1 Å². The lowest BCUT2D eigenvalue weighted by molar-refractivity contribution is 0.0820. The molecule has 0 aliphatic heterocycles. The smallest absolute Gasteiger partial charge is 0.336 e. The van der Waals surface area contributed by atoms with Crippen LogP contribution < -0.4 is 15.1 Å². The lowest BCUT2D eigenvalue weighted by Crippen LogP contribution is -2.35. The predicted molar refractivity (Wildman–Crippen MR) is 90.2 cm³/mol. The summed E-state index contributed by atoms with van der Waals surface area (Å²) in [7, 11) is 1.46. The average molecular weight is 353 g/mol. The lowest BCUT2D eigenvalue weighted by atomic mass is 10.1. The van der Waals surface area contributed by atoms with Crippen LogP contribution in [-0.4, -0.2) is 29.8 Å². The van der Waals surface area contributed by atoms with Crippen LogP contribution in [0.3, 0.4) is 0 Å². The van der Waals surface area contributed by atoms with Crippen molar-refractivity contribution in [2.45, 2.75) is 24.8 Å². The van der Waals surface area contributed by atoms with Gasteiger partial charge in [-0.15, -0.1) is 11.6 Å². The molecule has 24 heavy (non-hydrogen) atoms. The molecule has 128 valence electrons. The van der Waals surface area contributed by atoms with E-state index in [4.69, 9.17) is 29.9 Å². The van der Waals surface area contributed by atoms with E-state index in [1.54, 1.807) is 26.0 Å². The lowest BCUT2D eigenvalue weighted by Gasteiger charge is -2.24. The van der Waals surface area contributed by atoms with E-state index < -0.39 is 16.6 Å². The number of hydrogen-bond acceptors (Lipinski definition) is 6. The minimum absolute atomic E-state index is 0.0304. The molecule has 6 nitrogen and oxygen atoms in total. The van der Waals surface area contributed by atoms with Gasteiger partial charge >= 0.3 is 5.63 Å². The number of furan rings is 1.